The molecule has 0 amide bonds. The molecule has 0 saturated carbocycles. The van der Waals surface area contributed by atoms with Crippen LogP contribution in [0, 0.1) is 5.41 Å². The van der Waals surface area contributed by atoms with Crippen molar-refractivity contribution in [2.24, 2.45) is 5.41 Å². The molecule has 1 aromatic rings. The molecule has 2 heterocycles. The fourth-order valence-electron chi connectivity index (χ4n) is 2.49. The molecule has 0 radical (unpaired) electrons. The number of rotatable bonds is 3. The fourth-order valence-corrected chi connectivity index (χ4v) is 2.49. The number of hydrogen-bond acceptors (Lipinski definition) is 3. The van der Waals surface area contributed by atoms with Crippen LogP contribution < -0.4 is 0 Å². The zero-order chi connectivity index (χ0) is 11.6. The summed E-state index contributed by atoms with van der Waals surface area (Å²) in [7, 11) is 0. The largest absolute Gasteiger partial charge is 0.462 e. The Labute approximate surface area is 97.1 Å². The summed E-state index contributed by atoms with van der Waals surface area (Å²) in [6, 6.07) is 3.82. The molecule has 3 heteroatoms. The van der Waals surface area contributed by atoms with Crippen molar-refractivity contribution >= 4 is 0 Å². The Kier molecular flexibility index (Phi) is 3.36. The lowest BCUT2D eigenvalue weighted by molar-refractivity contribution is 0.104. The van der Waals surface area contributed by atoms with Gasteiger partial charge in [0.1, 0.15) is 18.1 Å². The van der Waals surface area contributed by atoms with Crippen molar-refractivity contribution in [3.63, 3.8) is 0 Å². The summed E-state index contributed by atoms with van der Waals surface area (Å²) < 4.78 is 5.51. The number of hydrogen-bond donors (Lipinski definition) is 1. The summed E-state index contributed by atoms with van der Waals surface area (Å²) in [5.74, 6) is 1.62. The van der Waals surface area contributed by atoms with E-state index in [1.54, 1.807) is 0 Å². The van der Waals surface area contributed by atoms with Crippen molar-refractivity contribution in [2.45, 2.75) is 39.8 Å². The average molecular weight is 223 g/mol. The molecule has 1 fully saturated rings. The molecule has 0 unspecified atom stereocenters. The van der Waals surface area contributed by atoms with Gasteiger partial charge in [-0.05, 0) is 36.9 Å². The van der Waals surface area contributed by atoms with Crippen LogP contribution in [0.5, 0.6) is 0 Å². The molecule has 0 atom stereocenters. The minimum atomic E-state index is -0.00844. The molecule has 1 aliphatic heterocycles. The molecule has 1 N–H and O–H groups in total. The zero-order valence-electron chi connectivity index (χ0n) is 10.2. The van der Waals surface area contributed by atoms with Crippen molar-refractivity contribution in [3.8, 4) is 0 Å². The third-order valence-corrected chi connectivity index (χ3v) is 3.23. The van der Waals surface area contributed by atoms with Crippen molar-refractivity contribution < 1.29 is 9.52 Å². The Balaban J connectivity index is 1.94. The van der Waals surface area contributed by atoms with Crippen molar-refractivity contribution in [2.75, 3.05) is 13.1 Å². The number of nitrogens with zero attached hydrogens (tertiary/aromatic N) is 1. The number of likely N-dealkylation sites (tertiary alicyclic amines) is 1. The maximum absolute atomic E-state index is 8.93. The highest BCUT2D eigenvalue weighted by Crippen LogP contribution is 2.29. The highest BCUT2D eigenvalue weighted by Gasteiger charge is 2.26. The van der Waals surface area contributed by atoms with Crippen LogP contribution in [0.2, 0.25) is 0 Å². The number of aliphatic hydroxyl groups is 1. The molecule has 1 saturated heterocycles. The summed E-state index contributed by atoms with van der Waals surface area (Å²) in [6.07, 6.45) is 2.57. The van der Waals surface area contributed by atoms with Crippen LogP contribution in [0.3, 0.4) is 0 Å². The summed E-state index contributed by atoms with van der Waals surface area (Å²) in [4.78, 5) is 2.43. The number of aliphatic hydroxyl groups excluding tert-OH is 1. The van der Waals surface area contributed by atoms with Gasteiger partial charge in [-0.15, -0.1) is 0 Å². The topological polar surface area (TPSA) is 36.6 Å². The lowest BCUT2D eigenvalue weighted by Crippen LogP contribution is -2.39. The number of piperidine rings is 1. The van der Waals surface area contributed by atoms with E-state index in [4.69, 9.17) is 9.52 Å². The summed E-state index contributed by atoms with van der Waals surface area (Å²) >= 11 is 0. The van der Waals surface area contributed by atoms with Crippen LogP contribution in [0.4, 0.5) is 0 Å². The first kappa shape index (κ1) is 11.7. The third kappa shape index (κ3) is 2.86. The third-order valence-electron chi connectivity index (χ3n) is 3.23. The second kappa shape index (κ2) is 4.60. The van der Waals surface area contributed by atoms with E-state index in [2.05, 4.69) is 18.7 Å². The van der Waals surface area contributed by atoms with E-state index in [0.717, 1.165) is 25.4 Å². The van der Waals surface area contributed by atoms with E-state index in [-0.39, 0.29) is 6.61 Å². The number of furan rings is 1. The molecule has 0 spiro atoms. The average Bonchev–Trinajstić information content (AvgIpc) is 2.64. The molecule has 3 nitrogen and oxygen atoms in total. The maximum Gasteiger partial charge on any atom is 0.129 e. The summed E-state index contributed by atoms with van der Waals surface area (Å²) in [5.41, 5.74) is 0.421. The standard InChI is InChI=1S/C13H21NO2/c1-13(2)6-3-7-14(10-13)8-11-4-5-12(9-15)16-11/h4-5,15H,3,6-10H2,1-2H3. The quantitative estimate of drug-likeness (QED) is 0.854. The minimum Gasteiger partial charge on any atom is -0.462 e. The van der Waals surface area contributed by atoms with Gasteiger partial charge in [0.05, 0.1) is 6.54 Å². The molecule has 2 rings (SSSR count). The first-order chi connectivity index (χ1) is 7.59. The van der Waals surface area contributed by atoms with Crippen molar-refractivity contribution in [3.05, 3.63) is 23.7 Å². The van der Waals surface area contributed by atoms with Crippen molar-refractivity contribution in [1.82, 2.24) is 4.90 Å². The van der Waals surface area contributed by atoms with Gasteiger partial charge in [0.15, 0.2) is 0 Å². The van der Waals surface area contributed by atoms with Crippen molar-refractivity contribution in [1.29, 1.82) is 0 Å². The van der Waals surface area contributed by atoms with Crippen LogP contribution in [0.15, 0.2) is 16.5 Å². The second-order valence-electron chi connectivity index (χ2n) is 5.50. The molecule has 0 aliphatic carbocycles. The Bertz CT molecular complexity index is 343. The summed E-state index contributed by atoms with van der Waals surface area (Å²) in [6.45, 7) is 7.77. The van der Waals surface area contributed by atoms with Gasteiger partial charge in [-0.2, -0.15) is 0 Å². The van der Waals surface area contributed by atoms with E-state index in [9.17, 15) is 0 Å². The Morgan fingerprint density at radius 1 is 1.38 bits per heavy atom. The highest BCUT2D eigenvalue weighted by molar-refractivity contribution is 5.06. The SMILES string of the molecule is CC1(C)CCCN(Cc2ccc(CO)o2)C1. The van der Waals surface area contributed by atoms with Gasteiger partial charge in [-0.1, -0.05) is 13.8 Å². The van der Waals surface area contributed by atoms with Gasteiger partial charge >= 0.3 is 0 Å². The summed E-state index contributed by atoms with van der Waals surface area (Å²) in [5, 5.41) is 8.93. The minimum absolute atomic E-state index is 0.00844. The lowest BCUT2D eigenvalue weighted by Gasteiger charge is -2.37. The molecular weight excluding hydrogens is 202 g/mol. The second-order valence-corrected chi connectivity index (χ2v) is 5.50. The first-order valence-corrected chi connectivity index (χ1v) is 6.00. The highest BCUT2D eigenvalue weighted by atomic mass is 16.4. The Morgan fingerprint density at radius 2 is 2.12 bits per heavy atom. The monoisotopic (exact) mass is 223 g/mol. The zero-order valence-corrected chi connectivity index (χ0v) is 10.2. The van der Waals surface area contributed by atoms with Crippen LogP contribution >= 0.6 is 0 Å². The molecule has 1 aromatic heterocycles. The molecule has 0 aromatic carbocycles. The maximum atomic E-state index is 8.93. The van der Waals surface area contributed by atoms with E-state index in [1.807, 2.05) is 12.1 Å². The molecule has 1 aliphatic rings. The lowest BCUT2D eigenvalue weighted by atomic mass is 9.84. The fraction of sp³-hybridized carbons (Fsp3) is 0.692. The van der Waals surface area contributed by atoms with Crippen LogP contribution in [-0.4, -0.2) is 23.1 Å². The molecule has 90 valence electrons. The predicted octanol–water partition coefficient (Wildman–Crippen LogP) is 2.39. The molecular formula is C13H21NO2. The van der Waals surface area contributed by atoms with Gasteiger partial charge in [-0.25, -0.2) is 0 Å². The van der Waals surface area contributed by atoms with Gasteiger partial charge in [0, 0.05) is 6.54 Å². The van der Waals surface area contributed by atoms with Crippen LogP contribution in [-0.2, 0) is 13.2 Å². The van der Waals surface area contributed by atoms with Gasteiger partial charge in [0.25, 0.3) is 0 Å². The van der Waals surface area contributed by atoms with Gasteiger partial charge in [-0.3, -0.25) is 4.90 Å². The predicted molar refractivity (Wildman–Crippen MR) is 62.9 cm³/mol. The normalized spacial score (nSPS) is 21.2. The van der Waals surface area contributed by atoms with Gasteiger partial charge in [0.2, 0.25) is 0 Å². The van der Waals surface area contributed by atoms with E-state index in [1.165, 1.54) is 12.8 Å². The van der Waals surface area contributed by atoms with Crippen LogP contribution in [0.1, 0.15) is 38.2 Å². The van der Waals surface area contributed by atoms with Gasteiger partial charge < -0.3 is 9.52 Å². The first-order valence-electron chi connectivity index (χ1n) is 6.00. The van der Waals surface area contributed by atoms with E-state index < -0.39 is 0 Å². The Morgan fingerprint density at radius 3 is 2.75 bits per heavy atom. The Hall–Kier alpha value is -0.800. The molecule has 0 bridgehead atoms. The van der Waals surface area contributed by atoms with Crippen LogP contribution in [0.25, 0.3) is 0 Å². The van der Waals surface area contributed by atoms with E-state index >= 15 is 0 Å². The van der Waals surface area contributed by atoms with E-state index in [0.29, 0.717) is 11.2 Å². The smallest absolute Gasteiger partial charge is 0.129 e. The molecule has 16 heavy (non-hydrogen) atoms.